The predicted molar refractivity (Wildman–Crippen MR) is 85.9 cm³/mol. The summed E-state index contributed by atoms with van der Waals surface area (Å²) in [6.07, 6.45) is 9.76. The summed E-state index contributed by atoms with van der Waals surface area (Å²) in [7, 11) is 0. The number of aryl methyl sites for hydroxylation is 1. The van der Waals surface area contributed by atoms with E-state index in [0.29, 0.717) is 5.41 Å². The molecule has 1 aliphatic rings. The van der Waals surface area contributed by atoms with Crippen molar-refractivity contribution in [2.75, 3.05) is 6.54 Å². The maximum atomic E-state index is 3.77. The fraction of sp³-hybridized carbons (Fsp3) is 0.765. The summed E-state index contributed by atoms with van der Waals surface area (Å²) < 4.78 is 0. The Bertz CT molecular complexity index is 355. The van der Waals surface area contributed by atoms with Crippen molar-refractivity contribution >= 4 is 11.3 Å². The third-order valence-corrected chi connectivity index (χ3v) is 5.33. The van der Waals surface area contributed by atoms with Gasteiger partial charge in [0.15, 0.2) is 0 Å². The lowest BCUT2D eigenvalue weighted by Gasteiger charge is -2.40. The molecule has 0 bridgehead atoms. The van der Waals surface area contributed by atoms with E-state index in [2.05, 4.69) is 43.6 Å². The second-order valence-electron chi connectivity index (χ2n) is 7.24. The van der Waals surface area contributed by atoms with Crippen LogP contribution < -0.4 is 5.32 Å². The minimum atomic E-state index is 0.243. The van der Waals surface area contributed by atoms with E-state index < -0.39 is 0 Å². The van der Waals surface area contributed by atoms with Gasteiger partial charge >= 0.3 is 0 Å². The smallest absolute Gasteiger partial charge is 0.00967 e. The van der Waals surface area contributed by atoms with Crippen molar-refractivity contribution < 1.29 is 0 Å². The molecular weight excluding hydrogens is 250 g/mol. The topological polar surface area (TPSA) is 12.0 Å². The highest BCUT2D eigenvalue weighted by molar-refractivity contribution is 7.09. The van der Waals surface area contributed by atoms with Crippen LogP contribution in [0.15, 0.2) is 17.5 Å². The molecule has 108 valence electrons. The van der Waals surface area contributed by atoms with Gasteiger partial charge in [-0.2, -0.15) is 0 Å². The maximum absolute atomic E-state index is 3.77. The average molecular weight is 279 g/mol. The lowest BCUT2D eigenvalue weighted by atomic mass is 9.70. The first-order chi connectivity index (χ1) is 8.99. The van der Waals surface area contributed by atoms with E-state index >= 15 is 0 Å². The van der Waals surface area contributed by atoms with Crippen LogP contribution in [0.5, 0.6) is 0 Å². The zero-order valence-electron chi connectivity index (χ0n) is 12.8. The lowest BCUT2D eigenvalue weighted by molar-refractivity contribution is 0.153. The molecular formula is C17H29NS. The Balaban J connectivity index is 1.93. The van der Waals surface area contributed by atoms with Crippen molar-refractivity contribution in [1.82, 2.24) is 5.32 Å². The Morgan fingerprint density at radius 3 is 2.53 bits per heavy atom. The van der Waals surface area contributed by atoms with Crippen molar-refractivity contribution in [3.63, 3.8) is 0 Å². The van der Waals surface area contributed by atoms with Gasteiger partial charge in [-0.05, 0) is 63.3 Å². The van der Waals surface area contributed by atoms with Gasteiger partial charge in [0.2, 0.25) is 0 Å². The van der Waals surface area contributed by atoms with Gasteiger partial charge in [0.05, 0.1) is 0 Å². The van der Waals surface area contributed by atoms with Crippen molar-refractivity contribution in [2.24, 2.45) is 5.41 Å². The summed E-state index contributed by atoms with van der Waals surface area (Å²) >= 11 is 1.91. The predicted octanol–water partition coefficient (Wildman–Crippen LogP) is 5.02. The van der Waals surface area contributed by atoms with Gasteiger partial charge in [0.1, 0.15) is 0 Å². The van der Waals surface area contributed by atoms with Crippen molar-refractivity contribution in [3.05, 3.63) is 22.4 Å². The number of nitrogens with one attached hydrogen (secondary N) is 1. The van der Waals surface area contributed by atoms with Gasteiger partial charge in [0, 0.05) is 17.0 Å². The molecule has 1 N–H and O–H groups in total. The van der Waals surface area contributed by atoms with Gasteiger partial charge in [-0.25, -0.2) is 0 Å². The Morgan fingerprint density at radius 1 is 1.21 bits per heavy atom. The molecule has 0 unspecified atom stereocenters. The molecule has 0 spiro atoms. The van der Waals surface area contributed by atoms with Gasteiger partial charge in [-0.15, -0.1) is 11.3 Å². The zero-order valence-corrected chi connectivity index (χ0v) is 13.6. The van der Waals surface area contributed by atoms with Crippen LogP contribution in [-0.4, -0.2) is 12.1 Å². The second kappa shape index (κ2) is 6.41. The molecule has 0 saturated heterocycles. The fourth-order valence-electron chi connectivity index (χ4n) is 3.11. The van der Waals surface area contributed by atoms with E-state index in [9.17, 15) is 0 Å². The summed E-state index contributed by atoms with van der Waals surface area (Å²) in [4.78, 5) is 1.56. The first kappa shape index (κ1) is 15.1. The van der Waals surface area contributed by atoms with Crippen LogP contribution in [0, 0.1) is 5.41 Å². The minimum Gasteiger partial charge on any atom is -0.312 e. The van der Waals surface area contributed by atoms with Gasteiger partial charge in [-0.1, -0.05) is 25.3 Å². The summed E-state index contributed by atoms with van der Waals surface area (Å²) in [5.74, 6) is 0. The third-order valence-electron chi connectivity index (χ3n) is 4.39. The van der Waals surface area contributed by atoms with Crippen molar-refractivity contribution in [1.29, 1.82) is 0 Å². The normalized spacial score (nSPS) is 19.5. The summed E-state index contributed by atoms with van der Waals surface area (Å²) in [6.45, 7) is 8.04. The number of thiophene rings is 1. The number of hydrogen-bond acceptors (Lipinski definition) is 2. The van der Waals surface area contributed by atoms with Crippen LogP contribution in [0.3, 0.4) is 0 Å². The van der Waals surface area contributed by atoms with Crippen molar-refractivity contribution in [3.8, 4) is 0 Å². The molecule has 0 aromatic carbocycles. The minimum absolute atomic E-state index is 0.243. The molecule has 1 aromatic heterocycles. The Morgan fingerprint density at radius 2 is 1.95 bits per heavy atom. The average Bonchev–Trinajstić information content (AvgIpc) is 2.88. The maximum Gasteiger partial charge on any atom is 0.00967 e. The highest BCUT2D eigenvalue weighted by atomic mass is 32.1. The van der Waals surface area contributed by atoms with E-state index in [1.165, 1.54) is 51.5 Å². The molecule has 0 atom stereocenters. The van der Waals surface area contributed by atoms with Crippen LogP contribution in [0.4, 0.5) is 0 Å². The Hall–Kier alpha value is -0.340. The first-order valence-corrected chi connectivity index (χ1v) is 8.65. The molecule has 2 rings (SSSR count). The second-order valence-corrected chi connectivity index (χ2v) is 8.28. The quantitative estimate of drug-likeness (QED) is 0.798. The molecule has 19 heavy (non-hydrogen) atoms. The number of hydrogen-bond donors (Lipinski definition) is 1. The Labute approximate surface area is 122 Å². The van der Waals surface area contributed by atoms with E-state index in [0.717, 1.165) is 0 Å². The highest BCUT2D eigenvalue weighted by Crippen LogP contribution is 2.40. The Kier molecular flexibility index (Phi) is 5.08. The molecule has 0 radical (unpaired) electrons. The summed E-state index contributed by atoms with van der Waals surface area (Å²) in [5.41, 5.74) is 0.795. The van der Waals surface area contributed by atoms with E-state index in [4.69, 9.17) is 0 Å². The third kappa shape index (κ3) is 4.92. The van der Waals surface area contributed by atoms with E-state index in [1.54, 1.807) is 4.88 Å². The van der Waals surface area contributed by atoms with Gasteiger partial charge in [0.25, 0.3) is 0 Å². The van der Waals surface area contributed by atoms with E-state index in [1.807, 2.05) is 11.3 Å². The molecule has 2 heteroatoms. The highest BCUT2D eigenvalue weighted by Gasteiger charge is 2.32. The van der Waals surface area contributed by atoms with Crippen molar-refractivity contribution in [2.45, 2.75) is 71.3 Å². The zero-order chi connectivity index (χ0) is 13.8. The van der Waals surface area contributed by atoms with Crippen LogP contribution in [0.25, 0.3) is 0 Å². The monoisotopic (exact) mass is 279 g/mol. The molecule has 1 saturated carbocycles. The van der Waals surface area contributed by atoms with Gasteiger partial charge < -0.3 is 5.32 Å². The standard InChI is InChI=1S/C17H29NS/c1-16(2,3)18-14-17(10-5-4-6-11-17)12-9-15-8-7-13-19-15/h7-8,13,18H,4-6,9-12,14H2,1-3H3. The lowest BCUT2D eigenvalue weighted by Crippen LogP contribution is -2.45. The summed E-state index contributed by atoms with van der Waals surface area (Å²) in [5, 5.41) is 5.97. The molecule has 1 nitrogen and oxygen atoms in total. The van der Waals surface area contributed by atoms with Crippen LogP contribution in [0.1, 0.15) is 64.2 Å². The number of rotatable bonds is 5. The van der Waals surface area contributed by atoms with Crippen LogP contribution in [-0.2, 0) is 6.42 Å². The van der Waals surface area contributed by atoms with E-state index in [-0.39, 0.29) is 5.54 Å². The molecule has 1 fully saturated rings. The fourth-order valence-corrected chi connectivity index (χ4v) is 3.82. The molecule has 1 heterocycles. The largest absolute Gasteiger partial charge is 0.312 e. The van der Waals surface area contributed by atoms with Crippen LogP contribution in [0.2, 0.25) is 0 Å². The molecule has 0 amide bonds. The first-order valence-electron chi connectivity index (χ1n) is 7.77. The van der Waals surface area contributed by atoms with Gasteiger partial charge in [-0.3, -0.25) is 0 Å². The molecule has 0 aliphatic heterocycles. The summed E-state index contributed by atoms with van der Waals surface area (Å²) in [6, 6.07) is 4.47. The molecule has 1 aliphatic carbocycles. The SMILES string of the molecule is CC(C)(C)NCC1(CCc2cccs2)CCCCC1. The molecule has 1 aromatic rings. The van der Waals surface area contributed by atoms with Crippen LogP contribution >= 0.6 is 11.3 Å².